The predicted molar refractivity (Wildman–Crippen MR) is 60.3 cm³/mol. The summed E-state index contributed by atoms with van der Waals surface area (Å²) in [7, 11) is 0. The van der Waals surface area contributed by atoms with Gasteiger partial charge < -0.3 is 9.15 Å². The zero-order chi connectivity index (χ0) is 11.4. The molecule has 0 aliphatic heterocycles. The summed E-state index contributed by atoms with van der Waals surface area (Å²) in [5, 5.41) is 2.30. The maximum Gasteiger partial charge on any atom is 0.358 e. The number of nitrogens with zero attached hydrogens (tertiary/aromatic N) is 1. The zero-order valence-corrected chi connectivity index (χ0v) is 9.20. The van der Waals surface area contributed by atoms with E-state index in [2.05, 4.69) is 11.6 Å². The quantitative estimate of drug-likeness (QED) is 0.604. The minimum absolute atomic E-state index is 0.187. The Morgan fingerprint density at radius 2 is 2.56 bits per heavy atom. The molecule has 0 radical (unpaired) electrons. The van der Waals surface area contributed by atoms with E-state index in [0.717, 1.165) is 0 Å². The molecule has 16 heavy (non-hydrogen) atoms. The van der Waals surface area contributed by atoms with Crippen LogP contribution in [0.25, 0.3) is 10.8 Å². The molecule has 0 atom stereocenters. The van der Waals surface area contributed by atoms with Crippen molar-refractivity contribution < 1.29 is 13.9 Å². The predicted octanol–water partition coefficient (Wildman–Crippen LogP) is 2.75. The molecule has 0 saturated heterocycles. The molecule has 0 fully saturated rings. The largest absolute Gasteiger partial charge is 0.462 e. The van der Waals surface area contributed by atoms with Crippen molar-refractivity contribution in [1.29, 1.82) is 0 Å². The number of hydrogen-bond acceptors (Lipinski definition) is 5. The van der Waals surface area contributed by atoms with Gasteiger partial charge in [-0.1, -0.05) is 12.7 Å². The van der Waals surface area contributed by atoms with Crippen LogP contribution in [0.4, 0.5) is 0 Å². The van der Waals surface area contributed by atoms with E-state index in [1.807, 2.05) is 0 Å². The Labute approximate surface area is 96.2 Å². The van der Waals surface area contributed by atoms with Crippen LogP contribution in [0.5, 0.6) is 0 Å². The zero-order valence-electron chi connectivity index (χ0n) is 8.38. The molecular weight excluding hydrogens is 226 g/mol. The summed E-state index contributed by atoms with van der Waals surface area (Å²) in [6, 6.07) is 3.56. The van der Waals surface area contributed by atoms with Gasteiger partial charge in [-0.3, -0.25) is 0 Å². The third-order valence-electron chi connectivity index (χ3n) is 1.78. The molecule has 0 aliphatic carbocycles. The summed E-state index contributed by atoms with van der Waals surface area (Å²) < 4.78 is 10.0. The highest BCUT2D eigenvalue weighted by Gasteiger charge is 2.13. The minimum Gasteiger partial charge on any atom is -0.462 e. The molecule has 0 bridgehead atoms. The van der Waals surface area contributed by atoms with Crippen LogP contribution in [0.1, 0.15) is 10.5 Å². The summed E-state index contributed by atoms with van der Waals surface area (Å²) >= 11 is 1.34. The number of thiazole rings is 1. The number of ether oxygens (including phenoxy) is 1. The van der Waals surface area contributed by atoms with Crippen molar-refractivity contribution in [3.63, 3.8) is 0 Å². The lowest BCUT2D eigenvalue weighted by molar-refractivity contribution is 0.0544. The molecular formula is C11H9NO3S. The third kappa shape index (κ3) is 2.20. The SMILES string of the molecule is C=CCOC(=O)c1csc(-c2ccco2)n1. The van der Waals surface area contributed by atoms with E-state index in [-0.39, 0.29) is 6.61 Å². The molecule has 0 saturated carbocycles. The number of furan rings is 1. The molecule has 0 aromatic carbocycles. The van der Waals surface area contributed by atoms with Gasteiger partial charge in [0.15, 0.2) is 16.5 Å². The average Bonchev–Trinajstić information content (AvgIpc) is 2.94. The van der Waals surface area contributed by atoms with Crippen LogP contribution in [0, 0.1) is 0 Å². The smallest absolute Gasteiger partial charge is 0.358 e. The van der Waals surface area contributed by atoms with E-state index < -0.39 is 5.97 Å². The Morgan fingerprint density at radius 3 is 3.25 bits per heavy atom. The summed E-state index contributed by atoms with van der Waals surface area (Å²) in [5.41, 5.74) is 0.290. The number of aromatic nitrogens is 1. The van der Waals surface area contributed by atoms with Gasteiger partial charge in [-0.15, -0.1) is 11.3 Å². The lowest BCUT2D eigenvalue weighted by Gasteiger charge is -1.96. The standard InChI is InChI=1S/C11H9NO3S/c1-2-5-15-11(13)8-7-16-10(12-8)9-4-3-6-14-9/h2-4,6-7H,1,5H2. The van der Waals surface area contributed by atoms with Gasteiger partial charge in [0.25, 0.3) is 0 Å². The Morgan fingerprint density at radius 1 is 1.69 bits per heavy atom. The molecule has 0 N–H and O–H groups in total. The molecule has 5 heteroatoms. The van der Waals surface area contributed by atoms with Crippen LogP contribution in [0.2, 0.25) is 0 Å². The molecule has 0 spiro atoms. The van der Waals surface area contributed by atoms with Gasteiger partial charge in [-0.05, 0) is 12.1 Å². The number of hydrogen-bond donors (Lipinski definition) is 0. The second-order valence-corrected chi connectivity index (χ2v) is 3.76. The van der Waals surface area contributed by atoms with E-state index in [1.54, 1.807) is 23.8 Å². The maximum absolute atomic E-state index is 11.4. The third-order valence-corrected chi connectivity index (χ3v) is 2.63. The highest BCUT2D eigenvalue weighted by molar-refractivity contribution is 7.13. The van der Waals surface area contributed by atoms with Crippen LogP contribution < -0.4 is 0 Å². The number of rotatable bonds is 4. The van der Waals surface area contributed by atoms with Gasteiger partial charge in [0.05, 0.1) is 6.26 Å². The fourth-order valence-electron chi connectivity index (χ4n) is 1.09. The van der Waals surface area contributed by atoms with Crippen LogP contribution in [0.15, 0.2) is 40.8 Å². The number of carbonyl (C=O) groups is 1. The normalized spacial score (nSPS) is 10.0. The Bertz CT molecular complexity index is 487. The van der Waals surface area contributed by atoms with Crippen molar-refractivity contribution in [2.75, 3.05) is 6.61 Å². The average molecular weight is 235 g/mol. The molecule has 82 valence electrons. The van der Waals surface area contributed by atoms with E-state index >= 15 is 0 Å². The summed E-state index contributed by atoms with van der Waals surface area (Å²) in [4.78, 5) is 15.6. The molecule has 2 heterocycles. The molecule has 0 amide bonds. The first-order valence-corrected chi connectivity index (χ1v) is 5.46. The summed E-state index contributed by atoms with van der Waals surface area (Å²) in [5.74, 6) is 0.196. The van der Waals surface area contributed by atoms with Crippen LogP contribution in [-0.4, -0.2) is 17.6 Å². The Balaban J connectivity index is 2.13. The van der Waals surface area contributed by atoms with Gasteiger partial charge in [0, 0.05) is 5.38 Å². The van der Waals surface area contributed by atoms with Crippen molar-refractivity contribution >= 4 is 17.3 Å². The fourth-order valence-corrected chi connectivity index (χ4v) is 1.85. The van der Waals surface area contributed by atoms with Crippen molar-refractivity contribution in [2.24, 2.45) is 0 Å². The highest BCUT2D eigenvalue weighted by Crippen LogP contribution is 2.24. The van der Waals surface area contributed by atoms with Gasteiger partial charge in [-0.25, -0.2) is 9.78 Å². The van der Waals surface area contributed by atoms with E-state index in [4.69, 9.17) is 9.15 Å². The molecule has 0 unspecified atom stereocenters. The Hall–Kier alpha value is -1.88. The first-order chi connectivity index (χ1) is 7.81. The fraction of sp³-hybridized carbons (Fsp3) is 0.0909. The minimum atomic E-state index is -0.450. The molecule has 2 aromatic rings. The van der Waals surface area contributed by atoms with Crippen LogP contribution >= 0.6 is 11.3 Å². The van der Waals surface area contributed by atoms with E-state index in [1.165, 1.54) is 17.4 Å². The van der Waals surface area contributed by atoms with Gasteiger partial charge in [0.1, 0.15) is 6.61 Å². The second-order valence-electron chi connectivity index (χ2n) is 2.90. The van der Waals surface area contributed by atoms with Crippen molar-refractivity contribution in [1.82, 2.24) is 4.98 Å². The molecule has 4 nitrogen and oxygen atoms in total. The second kappa shape index (κ2) is 4.76. The summed E-state index contributed by atoms with van der Waals surface area (Å²) in [6.45, 7) is 3.65. The topological polar surface area (TPSA) is 52.3 Å². The van der Waals surface area contributed by atoms with Crippen molar-refractivity contribution in [3.05, 3.63) is 42.1 Å². The first kappa shape index (κ1) is 10.6. The molecule has 2 aromatic heterocycles. The molecule has 0 aliphatic rings. The summed E-state index contributed by atoms with van der Waals surface area (Å²) in [6.07, 6.45) is 3.07. The van der Waals surface area contributed by atoms with Crippen LogP contribution in [-0.2, 0) is 4.74 Å². The van der Waals surface area contributed by atoms with Gasteiger partial charge >= 0.3 is 5.97 Å². The number of carbonyl (C=O) groups excluding carboxylic acids is 1. The van der Waals surface area contributed by atoms with Crippen molar-refractivity contribution in [3.8, 4) is 10.8 Å². The van der Waals surface area contributed by atoms with E-state index in [0.29, 0.717) is 16.5 Å². The Kier molecular flexibility index (Phi) is 3.16. The van der Waals surface area contributed by atoms with Crippen LogP contribution in [0.3, 0.4) is 0 Å². The number of esters is 1. The van der Waals surface area contributed by atoms with Crippen molar-refractivity contribution in [2.45, 2.75) is 0 Å². The van der Waals surface area contributed by atoms with Gasteiger partial charge in [-0.2, -0.15) is 0 Å². The molecule has 2 rings (SSSR count). The van der Waals surface area contributed by atoms with Gasteiger partial charge in [0.2, 0.25) is 0 Å². The van der Waals surface area contributed by atoms with E-state index in [9.17, 15) is 4.79 Å². The first-order valence-electron chi connectivity index (χ1n) is 4.58. The lowest BCUT2D eigenvalue weighted by Crippen LogP contribution is -2.05. The lowest BCUT2D eigenvalue weighted by atomic mass is 10.4. The monoisotopic (exact) mass is 235 g/mol. The highest BCUT2D eigenvalue weighted by atomic mass is 32.1. The maximum atomic E-state index is 11.4.